The van der Waals surface area contributed by atoms with E-state index in [1.807, 2.05) is 0 Å². The SMILES string of the molecule is CNCc1cc(S(=O)(=O)N(C)CCC(F)(F)F)c(Br)s1. The Bertz CT molecular complexity index is 557. The molecule has 1 rings (SSSR count). The molecule has 20 heavy (non-hydrogen) atoms. The highest BCUT2D eigenvalue weighted by molar-refractivity contribution is 9.11. The van der Waals surface area contributed by atoms with Gasteiger partial charge in [-0.1, -0.05) is 0 Å². The number of thiophene rings is 1. The summed E-state index contributed by atoms with van der Waals surface area (Å²) in [4.78, 5) is 0.777. The third-order valence-corrected chi connectivity index (χ3v) is 6.56. The lowest BCUT2D eigenvalue weighted by Crippen LogP contribution is -2.30. The predicted octanol–water partition coefficient (Wildman–Crippen LogP) is 2.80. The largest absolute Gasteiger partial charge is 0.390 e. The topological polar surface area (TPSA) is 49.4 Å². The van der Waals surface area contributed by atoms with Crippen LogP contribution in [0.1, 0.15) is 11.3 Å². The zero-order valence-electron chi connectivity index (χ0n) is 10.8. The molecule has 0 radical (unpaired) electrons. The van der Waals surface area contributed by atoms with Crippen molar-refractivity contribution < 1.29 is 21.6 Å². The molecule has 1 aromatic heterocycles. The molecule has 10 heteroatoms. The van der Waals surface area contributed by atoms with Crippen molar-refractivity contribution in [2.24, 2.45) is 0 Å². The molecular formula is C10H14BrF3N2O2S2. The Kier molecular flexibility index (Phi) is 6.02. The minimum atomic E-state index is -4.38. The van der Waals surface area contributed by atoms with Crippen molar-refractivity contribution in [3.05, 3.63) is 14.7 Å². The van der Waals surface area contributed by atoms with Gasteiger partial charge in [0.15, 0.2) is 0 Å². The Balaban J connectivity index is 2.92. The van der Waals surface area contributed by atoms with Gasteiger partial charge in [0.2, 0.25) is 10.0 Å². The summed E-state index contributed by atoms with van der Waals surface area (Å²) in [5.41, 5.74) is 0. The van der Waals surface area contributed by atoms with Crippen LogP contribution in [-0.2, 0) is 16.6 Å². The second kappa shape index (κ2) is 6.73. The van der Waals surface area contributed by atoms with Crippen molar-refractivity contribution in [3.63, 3.8) is 0 Å². The Morgan fingerprint density at radius 1 is 1.45 bits per heavy atom. The molecule has 0 bridgehead atoms. The number of hydrogen-bond donors (Lipinski definition) is 1. The van der Waals surface area contributed by atoms with Crippen LogP contribution in [-0.4, -0.2) is 39.5 Å². The number of hydrogen-bond acceptors (Lipinski definition) is 4. The normalized spacial score (nSPS) is 13.2. The van der Waals surface area contributed by atoms with Gasteiger partial charge in [-0.2, -0.15) is 13.2 Å². The highest BCUT2D eigenvalue weighted by Gasteiger charge is 2.31. The first-order valence-corrected chi connectivity index (χ1v) is 8.59. The Hall–Kier alpha value is -0.160. The summed E-state index contributed by atoms with van der Waals surface area (Å²) in [5, 5.41) is 2.88. The van der Waals surface area contributed by atoms with Crippen LogP contribution in [0.15, 0.2) is 14.7 Å². The number of nitrogens with zero attached hydrogens (tertiary/aromatic N) is 1. The summed E-state index contributed by atoms with van der Waals surface area (Å²) < 4.78 is 62.0. The van der Waals surface area contributed by atoms with Gasteiger partial charge in [0, 0.05) is 25.0 Å². The van der Waals surface area contributed by atoms with Crippen molar-refractivity contribution in [3.8, 4) is 0 Å². The van der Waals surface area contributed by atoms with Gasteiger partial charge >= 0.3 is 6.18 Å². The van der Waals surface area contributed by atoms with Crippen LogP contribution in [0.2, 0.25) is 0 Å². The fourth-order valence-corrected chi connectivity index (χ4v) is 5.22. The van der Waals surface area contributed by atoms with Gasteiger partial charge < -0.3 is 5.32 Å². The summed E-state index contributed by atoms with van der Waals surface area (Å²) in [7, 11) is -1.06. The summed E-state index contributed by atoms with van der Waals surface area (Å²) in [6.07, 6.45) is -5.55. The van der Waals surface area contributed by atoms with Crippen LogP contribution >= 0.6 is 27.3 Å². The molecular weight excluding hydrogens is 381 g/mol. The van der Waals surface area contributed by atoms with Crippen LogP contribution in [0, 0.1) is 0 Å². The van der Waals surface area contributed by atoms with Gasteiger partial charge in [-0.05, 0) is 29.0 Å². The van der Waals surface area contributed by atoms with E-state index in [4.69, 9.17) is 0 Å². The molecule has 0 amide bonds. The first-order valence-electron chi connectivity index (χ1n) is 5.54. The van der Waals surface area contributed by atoms with E-state index in [9.17, 15) is 21.6 Å². The minimum Gasteiger partial charge on any atom is -0.315 e. The van der Waals surface area contributed by atoms with E-state index in [0.717, 1.165) is 16.2 Å². The van der Waals surface area contributed by atoms with E-state index < -0.39 is 29.2 Å². The smallest absolute Gasteiger partial charge is 0.315 e. The molecule has 0 aromatic carbocycles. The monoisotopic (exact) mass is 394 g/mol. The molecule has 0 aliphatic rings. The molecule has 1 heterocycles. The van der Waals surface area contributed by atoms with Gasteiger partial charge in [-0.15, -0.1) is 11.3 Å². The molecule has 0 spiro atoms. The Morgan fingerprint density at radius 2 is 2.05 bits per heavy atom. The van der Waals surface area contributed by atoms with Crippen molar-refractivity contribution in [2.45, 2.75) is 24.0 Å². The van der Waals surface area contributed by atoms with Gasteiger partial charge in [0.25, 0.3) is 0 Å². The molecule has 1 aromatic rings. The van der Waals surface area contributed by atoms with Gasteiger partial charge in [-0.3, -0.25) is 0 Å². The van der Waals surface area contributed by atoms with E-state index in [-0.39, 0.29) is 4.90 Å². The van der Waals surface area contributed by atoms with Crippen LogP contribution in [0.25, 0.3) is 0 Å². The summed E-state index contributed by atoms with van der Waals surface area (Å²) in [5.74, 6) is 0. The molecule has 0 aliphatic carbocycles. The highest BCUT2D eigenvalue weighted by Crippen LogP contribution is 2.33. The quantitative estimate of drug-likeness (QED) is 0.806. The first-order chi connectivity index (χ1) is 9.08. The third-order valence-electron chi connectivity index (χ3n) is 2.46. The maximum absolute atomic E-state index is 12.2. The Labute approximate surface area is 128 Å². The lowest BCUT2D eigenvalue weighted by Gasteiger charge is -2.17. The van der Waals surface area contributed by atoms with Crippen molar-refractivity contribution in [2.75, 3.05) is 20.6 Å². The standard InChI is InChI=1S/C10H14BrF3N2O2S2/c1-15-6-7-5-8(9(11)19-7)20(17,18)16(2)4-3-10(12,13)14/h5,15H,3-4,6H2,1-2H3. The van der Waals surface area contributed by atoms with E-state index in [0.29, 0.717) is 10.3 Å². The van der Waals surface area contributed by atoms with Crippen LogP contribution in [0.5, 0.6) is 0 Å². The second-order valence-electron chi connectivity index (χ2n) is 4.07. The van der Waals surface area contributed by atoms with Gasteiger partial charge in [-0.25, -0.2) is 12.7 Å². The summed E-state index contributed by atoms with van der Waals surface area (Å²) in [6.45, 7) is -0.111. The zero-order valence-corrected chi connectivity index (χ0v) is 14.0. The minimum absolute atomic E-state index is 0.00238. The molecule has 1 N–H and O–H groups in total. The van der Waals surface area contributed by atoms with E-state index in [1.54, 1.807) is 7.05 Å². The van der Waals surface area contributed by atoms with E-state index in [2.05, 4.69) is 21.2 Å². The van der Waals surface area contributed by atoms with Gasteiger partial charge in [0.05, 0.1) is 10.2 Å². The number of halogens is 4. The average Bonchev–Trinajstić information content (AvgIpc) is 2.67. The first kappa shape index (κ1) is 17.9. The second-order valence-corrected chi connectivity index (χ2v) is 8.54. The number of nitrogens with one attached hydrogen (secondary N) is 1. The van der Waals surface area contributed by atoms with Crippen LogP contribution < -0.4 is 5.32 Å². The number of sulfonamides is 1. The van der Waals surface area contributed by atoms with E-state index >= 15 is 0 Å². The van der Waals surface area contributed by atoms with Crippen LogP contribution in [0.3, 0.4) is 0 Å². The van der Waals surface area contributed by atoms with Crippen molar-refractivity contribution in [1.82, 2.24) is 9.62 Å². The lowest BCUT2D eigenvalue weighted by atomic mass is 10.4. The van der Waals surface area contributed by atoms with Crippen molar-refractivity contribution >= 4 is 37.3 Å². The molecule has 0 atom stereocenters. The Morgan fingerprint density at radius 3 is 2.55 bits per heavy atom. The fourth-order valence-electron chi connectivity index (χ4n) is 1.41. The number of rotatable bonds is 6. The van der Waals surface area contributed by atoms with Gasteiger partial charge in [0.1, 0.15) is 4.90 Å². The van der Waals surface area contributed by atoms with Crippen LogP contribution in [0.4, 0.5) is 13.2 Å². The van der Waals surface area contributed by atoms with E-state index in [1.165, 1.54) is 17.4 Å². The summed E-state index contributed by atoms with van der Waals surface area (Å²) in [6, 6.07) is 1.46. The average molecular weight is 395 g/mol. The molecule has 0 saturated carbocycles. The molecule has 116 valence electrons. The van der Waals surface area contributed by atoms with Crippen molar-refractivity contribution in [1.29, 1.82) is 0 Å². The molecule has 4 nitrogen and oxygen atoms in total. The summed E-state index contributed by atoms with van der Waals surface area (Å²) >= 11 is 4.38. The maximum atomic E-state index is 12.2. The molecule has 0 unspecified atom stereocenters. The number of alkyl halides is 3. The predicted molar refractivity (Wildman–Crippen MR) is 75.3 cm³/mol. The fraction of sp³-hybridized carbons (Fsp3) is 0.600. The third kappa shape index (κ3) is 4.69. The molecule has 0 saturated heterocycles. The highest BCUT2D eigenvalue weighted by atomic mass is 79.9. The zero-order chi connectivity index (χ0) is 15.6. The maximum Gasteiger partial charge on any atom is 0.390 e. The lowest BCUT2D eigenvalue weighted by molar-refractivity contribution is -0.135. The molecule has 0 fully saturated rings. The molecule has 0 aliphatic heterocycles.